The van der Waals surface area contributed by atoms with Gasteiger partial charge in [-0.3, -0.25) is 4.79 Å². The van der Waals surface area contributed by atoms with Gasteiger partial charge in [-0.25, -0.2) is 4.98 Å². The van der Waals surface area contributed by atoms with Gasteiger partial charge in [-0.2, -0.15) is 10.2 Å². The quantitative estimate of drug-likeness (QED) is 0.465. The van der Waals surface area contributed by atoms with Crippen LogP contribution in [0, 0.1) is 6.92 Å². The van der Waals surface area contributed by atoms with Crippen molar-refractivity contribution >= 4 is 40.6 Å². The van der Waals surface area contributed by atoms with Crippen LogP contribution in [0.5, 0.6) is 5.75 Å². The van der Waals surface area contributed by atoms with E-state index >= 15 is 0 Å². The molecule has 1 fully saturated rings. The fourth-order valence-electron chi connectivity index (χ4n) is 3.56. The van der Waals surface area contributed by atoms with E-state index in [0.29, 0.717) is 21.8 Å². The second-order valence-electron chi connectivity index (χ2n) is 8.48. The van der Waals surface area contributed by atoms with E-state index in [4.69, 9.17) is 4.74 Å². The molecule has 2 aromatic heterocycles. The highest BCUT2D eigenvalue weighted by atomic mass is 32.1. The van der Waals surface area contributed by atoms with Crippen molar-refractivity contribution in [1.82, 2.24) is 20.2 Å². The third-order valence-electron chi connectivity index (χ3n) is 5.42. The van der Waals surface area contributed by atoms with Crippen LogP contribution in [0.25, 0.3) is 12.3 Å². The molecule has 10 heteroatoms. The monoisotopic (exact) mass is 498 g/mol. The maximum absolute atomic E-state index is 12.4. The van der Waals surface area contributed by atoms with Crippen LogP contribution in [0.4, 0.5) is 5.69 Å². The van der Waals surface area contributed by atoms with Gasteiger partial charge in [0.05, 0.1) is 22.5 Å². The Morgan fingerprint density at radius 2 is 2.18 bits per heavy atom. The number of thiazole rings is 2. The Labute approximate surface area is 206 Å². The molecule has 4 rings (SSSR count). The van der Waals surface area contributed by atoms with Crippen molar-refractivity contribution < 1.29 is 4.74 Å². The number of rotatable bonds is 8. The van der Waals surface area contributed by atoms with E-state index in [-0.39, 0.29) is 5.56 Å². The van der Waals surface area contributed by atoms with Crippen LogP contribution >= 0.6 is 22.7 Å². The van der Waals surface area contributed by atoms with Crippen molar-refractivity contribution in [2.75, 3.05) is 33.8 Å². The minimum absolute atomic E-state index is 0.132. The molecule has 3 heterocycles. The number of azo groups is 1. The smallest absolute Gasteiger partial charge is 0.266 e. The average molecular weight is 499 g/mol. The van der Waals surface area contributed by atoms with Gasteiger partial charge in [-0.1, -0.05) is 6.42 Å². The highest BCUT2D eigenvalue weighted by Crippen LogP contribution is 2.27. The molecule has 180 valence electrons. The number of piperidine rings is 1. The molecule has 1 saturated heterocycles. The normalized spacial score (nSPS) is 17.8. The minimum Gasteiger partial charge on any atom is -0.492 e. The second-order valence-corrected chi connectivity index (χ2v) is 10.7. The Kier molecular flexibility index (Phi) is 8.39. The van der Waals surface area contributed by atoms with E-state index in [2.05, 4.69) is 30.4 Å². The maximum Gasteiger partial charge on any atom is 0.266 e. The van der Waals surface area contributed by atoms with Crippen LogP contribution in [0.3, 0.4) is 0 Å². The van der Waals surface area contributed by atoms with Crippen LogP contribution in [-0.4, -0.2) is 48.7 Å². The van der Waals surface area contributed by atoms with Crippen molar-refractivity contribution in [1.29, 1.82) is 0 Å². The predicted octanol–water partition coefficient (Wildman–Crippen LogP) is 3.31. The second kappa shape index (κ2) is 11.7. The van der Waals surface area contributed by atoms with Gasteiger partial charge >= 0.3 is 0 Å². The van der Waals surface area contributed by atoms with Crippen LogP contribution in [-0.2, 0) is 0 Å². The third kappa shape index (κ3) is 6.69. The number of H-pyrrole nitrogens is 1. The molecule has 1 aliphatic rings. The highest BCUT2D eigenvalue weighted by Gasteiger charge is 2.17. The predicted molar refractivity (Wildman–Crippen MR) is 139 cm³/mol. The van der Waals surface area contributed by atoms with E-state index in [1.165, 1.54) is 24.2 Å². The zero-order chi connectivity index (χ0) is 23.9. The average Bonchev–Trinajstić information content (AvgIpc) is 3.42. The number of benzene rings is 1. The number of aryl methyl sites for hydroxylation is 1. The molecule has 0 amide bonds. The van der Waals surface area contributed by atoms with Gasteiger partial charge in [0.1, 0.15) is 22.0 Å². The van der Waals surface area contributed by atoms with Gasteiger partial charge in [-0.15, -0.1) is 22.7 Å². The van der Waals surface area contributed by atoms with Gasteiger partial charge in [0.2, 0.25) is 0 Å². The van der Waals surface area contributed by atoms with Gasteiger partial charge in [0, 0.05) is 17.6 Å². The molecule has 0 radical (unpaired) electrons. The summed E-state index contributed by atoms with van der Waals surface area (Å²) in [6.45, 7) is 4.50. The molecule has 2 N–H and O–H groups in total. The number of hydrogen-bond acceptors (Lipinski definition) is 9. The Morgan fingerprint density at radius 3 is 2.94 bits per heavy atom. The Hall–Kier alpha value is -2.66. The zero-order valence-corrected chi connectivity index (χ0v) is 21.3. The van der Waals surface area contributed by atoms with Crippen LogP contribution in [0.2, 0.25) is 0 Å². The van der Waals surface area contributed by atoms with Crippen LogP contribution in [0.15, 0.2) is 39.4 Å². The first-order chi connectivity index (χ1) is 16.5. The van der Waals surface area contributed by atoms with Crippen molar-refractivity contribution in [2.24, 2.45) is 10.2 Å². The third-order valence-corrected chi connectivity index (χ3v) is 7.43. The maximum atomic E-state index is 12.4. The summed E-state index contributed by atoms with van der Waals surface area (Å²) in [7, 11) is 4.03. The number of nitrogens with one attached hydrogen (secondary N) is 2. The summed E-state index contributed by atoms with van der Waals surface area (Å²) in [5, 5.41) is 13.1. The lowest BCUT2D eigenvalue weighted by Gasteiger charge is -2.20. The van der Waals surface area contributed by atoms with Crippen LogP contribution < -0.4 is 24.8 Å². The molecule has 1 aliphatic heterocycles. The highest BCUT2D eigenvalue weighted by molar-refractivity contribution is 7.13. The Bertz CT molecular complexity index is 1300. The first-order valence-corrected chi connectivity index (χ1v) is 13.0. The molecular weight excluding hydrogens is 468 g/mol. The molecule has 34 heavy (non-hydrogen) atoms. The largest absolute Gasteiger partial charge is 0.492 e. The zero-order valence-electron chi connectivity index (χ0n) is 19.7. The number of likely N-dealkylation sites (N-methyl/N-ethyl adjacent to an activating group) is 1. The van der Waals surface area contributed by atoms with Crippen LogP contribution in [0.1, 0.15) is 40.8 Å². The SMILES string of the molecule is Cc1cc(OCCN(C)C)ccc1N=NC=c1[nH]c(=O)c(=Cc2cnc(C3CCCCN3)s2)s1. The molecule has 0 bridgehead atoms. The van der Waals surface area contributed by atoms with Gasteiger partial charge in [0.25, 0.3) is 5.56 Å². The van der Waals surface area contributed by atoms with Gasteiger partial charge in [0.15, 0.2) is 0 Å². The fourth-order valence-corrected chi connectivity index (χ4v) is 5.41. The number of ether oxygens (including phenoxy) is 1. The fraction of sp³-hybridized carbons (Fsp3) is 0.417. The lowest BCUT2D eigenvalue weighted by atomic mass is 10.1. The summed E-state index contributed by atoms with van der Waals surface area (Å²) in [5.74, 6) is 0.815. The summed E-state index contributed by atoms with van der Waals surface area (Å²) >= 11 is 2.99. The van der Waals surface area contributed by atoms with E-state index in [1.807, 2.05) is 51.5 Å². The lowest BCUT2D eigenvalue weighted by Crippen LogP contribution is -2.26. The van der Waals surface area contributed by atoms with E-state index in [0.717, 1.165) is 46.4 Å². The van der Waals surface area contributed by atoms with Crippen molar-refractivity contribution in [3.63, 3.8) is 0 Å². The number of aromatic amines is 1. The number of hydrogen-bond donors (Lipinski definition) is 2. The Balaban J connectivity index is 1.44. The first-order valence-electron chi connectivity index (χ1n) is 11.4. The first kappa shape index (κ1) is 24.5. The van der Waals surface area contributed by atoms with E-state index in [1.54, 1.807) is 17.5 Å². The molecule has 0 saturated carbocycles. The van der Waals surface area contributed by atoms with E-state index < -0.39 is 0 Å². The molecule has 0 aliphatic carbocycles. The molecule has 3 aromatic rings. The number of aromatic nitrogens is 2. The van der Waals surface area contributed by atoms with Gasteiger partial charge in [-0.05, 0) is 70.2 Å². The standard InChI is InChI=1S/C24H30N6O2S2/c1-16-12-17(32-11-10-30(2)3)7-8-19(16)29-27-15-22-28-23(31)21(34-22)13-18-14-26-24(33-18)20-6-4-5-9-25-20/h7-8,12-15,20,25H,4-6,9-11H2,1-3H3,(H,28,31). The van der Waals surface area contributed by atoms with E-state index in [9.17, 15) is 4.79 Å². The molecule has 1 atom stereocenters. The van der Waals surface area contributed by atoms with Gasteiger partial charge < -0.3 is 19.9 Å². The van der Waals surface area contributed by atoms with Crippen molar-refractivity contribution in [2.45, 2.75) is 32.2 Å². The molecule has 1 aromatic carbocycles. The minimum atomic E-state index is -0.132. The molecule has 1 unspecified atom stereocenters. The summed E-state index contributed by atoms with van der Waals surface area (Å²) in [5.41, 5.74) is 1.60. The van der Waals surface area contributed by atoms with Crippen molar-refractivity contribution in [3.8, 4) is 5.75 Å². The molecule has 0 spiro atoms. The number of nitrogens with zero attached hydrogens (tertiary/aromatic N) is 4. The summed E-state index contributed by atoms with van der Waals surface area (Å²) in [6, 6.07) is 6.06. The Morgan fingerprint density at radius 1 is 1.29 bits per heavy atom. The summed E-state index contributed by atoms with van der Waals surface area (Å²) in [6.07, 6.45) is 8.87. The lowest BCUT2D eigenvalue weighted by molar-refractivity contribution is 0.261. The molecule has 8 nitrogen and oxygen atoms in total. The summed E-state index contributed by atoms with van der Waals surface area (Å²) < 4.78 is 7.04. The summed E-state index contributed by atoms with van der Waals surface area (Å²) in [4.78, 5) is 22.9. The van der Waals surface area contributed by atoms with Crippen molar-refractivity contribution in [3.05, 3.63) is 59.4 Å². The topological polar surface area (TPSA) is 95.0 Å². The molecular formula is C24H30N6O2S2.